The van der Waals surface area contributed by atoms with Crippen molar-refractivity contribution < 1.29 is 4.74 Å². The summed E-state index contributed by atoms with van der Waals surface area (Å²) in [6.07, 6.45) is 6.11. The fourth-order valence-corrected chi connectivity index (χ4v) is 2.50. The van der Waals surface area contributed by atoms with Crippen LogP contribution < -0.4 is 5.32 Å². The summed E-state index contributed by atoms with van der Waals surface area (Å²) in [5.74, 6) is 0.737. The second-order valence-corrected chi connectivity index (χ2v) is 5.53. The SMILES string of the molecule is COC(C)(C)CCNC1(CCl)CCCC1. The molecule has 0 heterocycles. The third kappa shape index (κ3) is 3.93. The normalized spacial score (nSPS) is 20.8. The van der Waals surface area contributed by atoms with E-state index in [0.29, 0.717) is 0 Å². The molecule has 0 bridgehead atoms. The number of halogens is 1. The highest BCUT2D eigenvalue weighted by Gasteiger charge is 2.32. The van der Waals surface area contributed by atoms with Gasteiger partial charge in [-0.15, -0.1) is 11.6 Å². The standard InChI is InChI=1S/C12H24ClNO/c1-11(2,15-3)8-9-14-12(10-13)6-4-5-7-12/h14H,4-10H2,1-3H3. The maximum Gasteiger partial charge on any atom is 0.0634 e. The van der Waals surface area contributed by atoms with Crippen molar-refractivity contribution in [2.45, 2.75) is 57.1 Å². The number of nitrogens with one attached hydrogen (secondary N) is 1. The predicted molar refractivity (Wildman–Crippen MR) is 65.6 cm³/mol. The molecule has 1 N–H and O–H groups in total. The Kier molecular flexibility index (Phi) is 4.88. The Labute approximate surface area is 98.7 Å². The number of methoxy groups -OCH3 is 1. The smallest absolute Gasteiger partial charge is 0.0634 e. The molecule has 0 spiro atoms. The quantitative estimate of drug-likeness (QED) is 0.713. The van der Waals surface area contributed by atoms with Crippen LogP contribution in [0, 0.1) is 0 Å². The third-order valence-electron chi connectivity index (χ3n) is 3.60. The van der Waals surface area contributed by atoms with Crippen molar-refractivity contribution in [1.29, 1.82) is 0 Å². The second-order valence-electron chi connectivity index (χ2n) is 5.26. The van der Waals surface area contributed by atoms with E-state index in [2.05, 4.69) is 19.2 Å². The topological polar surface area (TPSA) is 21.3 Å². The Hall–Kier alpha value is 0.210. The van der Waals surface area contributed by atoms with Gasteiger partial charge in [0.15, 0.2) is 0 Å². The first-order valence-corrected chi connectivity index (χ1v) is 6.43. The van der Waals surface area contributed by atoms with Gasteiger partial charge in [0.05, 0.1) is 5.60 Å². The van der Waals surface area contributed by atoms with Crippen LogP contribution >= 0.6 is 11.6 Å². The molecule has 1 rings (SSSR count). The zero-order chi connectivity index (χ0) is 11.4. The van der Waals surface area contributed by atoms with Crippen LogP contribution in [-0.4, -0.2) is 30.7 Å². The average molecular weight is 234 g/mol. The lowest BCUT2D eigenvalue weighted by Crippen LogP contribution is -2.46. The highest BCUT2D eigenvalue weighted by molar-refractivity contribution is 6.18. The summed E-state index contributed by atoms with van der Waals surface area (Å²) in [7, 11) is 1.77. The van der Waals surface area contributed by atoms with Gasteiger partial charge >= 0.3 is 0 Å². The first kappa shape index (κ1) is 13.3. The van der Waals surface area contributed by atoms with Crippen LogP contribution in [0.15, 0.2) is 0 Å². The fourth-order valence-electron chi connectivity index (χ4n) is 2.14. The molecule has 0 unspecified atom stereocenters. The maximum absolute atomic E-state index is 6.05. The summed E-state index contributed by atoms with van der Waals surface area (Å²) in [5.41, 5.74) is 0.185. The van der Waals surface area contributed by atoms with E-state index in [1.54, 1.807) is 7.11 Å². The van der Waals surface area contributed by atoms with Gasteiger partial charge in [0.2, 0.25) is 0 Å². The molecule has 0 saturated heterocycles. The summed E-state index contributed by atoms with van der Waals surface area (Å²) < 4.78 is 5.40. The van der Waals surface area contributed by atoms with Gasteiger partial charge < -0.3 is 10.1 Å². The molecule has 0 aromatic carbocycles. The molecule has 0 aromatic rings. The maximum atomic E-state index is 6.05. The Morgan fingerprint density at radius 3 is 2.40 bits per heavy atom. The first-order valence-electron chi connectivity index (χ1n) is 5.90. The molecule has 0 aromatic heterocycles. The van der Waals surface area contributed by atoms with Crippen LogP contribution in [0.2, 0.25) is 0 Å². The average Bonchev–Trinajstić information content (AvgIpc) is 2.67. The van der Waals surface area contributed by atoms with Gasteiger partial charge in [-0.05, 0) is 39.7 Å². The molecule has 3 heteroatoms. The monoisotopic (exact) mass is 233 g/mol. The lowest BCUT2D eigenvalue weighted by Gasteiger charge is -2.30. The van der Waals surface area contributed by atoms with Gasteiger partial charge in [0, 0.05) is 18.5 Å². The molecule has 15 heavy (non-hydrogen) atoms. The van der Waals surface area contributed by atoms with Gasteiger partial charge in [-0.25, -0.2) is 0 Å². The van der Waals surface area contributed by atoms with Gasteiger partial charge in [-0.1, -0.05) is 12.8 Å². The summed E-state index contributed by atoms with van der Waals surface area (Å²) in [6.45, 7) is 5.24. The predicted octanol–water partition coefficient (Wildman–Crippen LogP) is 2.94. The second kappa shape index (κ2) is 5.51. The number of alkyl halides is 1. The van der Waals surface area contributed by atoms with E-state index in [-0.39, 0.29) is 11.1 Å². The molecule has 0 radical (unpaired) electrons. The first-order chi connectivity index (χ1) is 7.04. The largest absolute Gasteiger partial charge is 0.379 e. The Morgan fingerprint density at radius 2 is 1.93 bits per heavy atom. The molecule has 0 atom stereocenters. The van der Waals surface area contributed by atoms with Gasteiger partial charge in [-0.3, -0.25) is 0 Å². The van der Waals surface area contributed by atoms with Crippen molar-refractivity contribution in [2.75, 3.05) is 19.5 Å². The van der Waals surface area contributed by atoms with Gasteiger partial charge in [-0.2, -0.15) is 0 Å². The van der Waals surface area contributed by atoms with Gasteiger partial charge in [0.25, 0.3) is 0 Å². The fraction of sp³-hybridized carbons (Fsp3) is 1.00. The molecular formula is C12H24ClNO. The van der Waals surface area contributed by atoms with E-state index in [1.165, 1.54) is 25.7 Å². The lowest BCUT2D eigenvalue weighted by molar-refractivity contribution is 0.0145. The van der Waals surface area contributed by atoms with E-state index in [1.807, 2.05) is 0 Å². The van der Waals surface area contributed by atoms with Crippen molar-refractivity contribution in [2.24, 2.45) is 0 Å². The number of hydrogen-bond acceptors (Lipinski definition) is 2. The number of rotatable bonds is 6. The van der Waals surface area contributed by atoms with Crippen LogP contribution in [0.25, 0.3) is 0 Å². The van der Waals surface area contributed by atoms with E-state index < -0.39 is 0 Å². The van der Waals surface area contributed by atoms with Crippen LogP contribution in [0.1, 0.15) is 46.0 Å². The summed E-state index contributed by atoms with van der Waals surface area (Å²) in [5, 5.41) is 3.62. The number of ether oxygens (including phenoxy) is 1. The van der Waals surface area contributed by atoms with Crippen molar-refractivity contribution in [3.63, 3.8) is 0 Å². The minimum absolute atomic E-state index is 0.0287. The third-order valence-corrected chi connectivity index (χ3v) is 4.11. The van der Waals surface area contributed by atoms with Crippen molar-refractivity contribution in [3.05, 3.63) is 0 Å². The molecule has 0 aliphatic heterocycles. The van der Waals surface area contributed by atoms with Crippen LogP contribution in [0.3, 0.4) is 0 Å². The molecule has 2 nitrogen and oxygen atoms in total. The molecule has 1 saturated carbocycles. The minimum atomic E-state index is -0.0287. The van der Waals surface area contributed by atoms with Crippen molar-refractivity contribution in [3.8, 4) is 0 Å². The van der Waals surface area contributed by atoms with E-state index in [0.717, 1.165) is 18.8 Å². The summed E-state index contributed by atoms with van der Waals surface area (Å²) >= 11 is 6.05. The zero-order valence-corrected chi connectivity index (χ0v) is 11.0. The molecule has 1 fully saturated rings. The van der Waals surface area contributed by atoms with E-state index in [9.17, 15) is 0 Å². The number of hydrogen-bond donors (Lipinski definition) is 1. The Morgan fingerprint density at radius 1 is 1.33 bits per heavy atom. The lowest BCUT2D eigenvalue weighted by atomic mass is 9.98. The Bertz CT molecular complexity index is 188. The molecule has 90 valence electrons. The molecule has 1 aliphatic rings. The summed E-state index contributed by atoms with van der Waals surface area (Å²) in [4.78, 5) is 0. The summed E-state index contributed by atoms with van der Waals surface area (Å²) in [6, 6.07) is 0. The highest BCUT2D eigenvalue weighted by atomic mass is 35.5. The molecular weight excluding hydrogens is 210 g/mol. The van der Waals surface area contributed by atoms with Crippen molar-refractivity contribution >= 4 is 11.6 Å². The zero-order valence-electron chi connectivity index (χ0n) is 10.2. The van der Waals surface area contributed by atoms with Crippen LogP contribution in [0.4, 0.5) is 0 Å². The van der Waals surface area contributed by atoms with E-state index in [4.69, 9.17) is 16.3 Å². The van der Waals surface area contributed by atoms with Crippen LogP contribution in [-0.2, 0) is 4.74 Å². The minimum Gasteiger partial charge on any atom is -0.379 e. The van der Waals surface area contributed by atoms with E-state index >= 15 is 0 Å². The van der Waals surface area contributed by atoms with Crippen LogP contribution in [0.5, 0.6) is 0 Å². The molecule has 1 aliphatic carbocycles. The van der Waals surface area contributed by atoms with Gasteiger partial charge in [0.1, 0.15) is 0 Å². The highest BCUT2D eigenvalue weighted by Crippen LogP contribution is 2.30. The van der Waals surface area contributed by atoms with Crippen molar-refractivity contribution in [1.82, 2.24) is 5.32 Å². The molecule has 0 amide bonds. The Balaban J connectivity index is 2.29.